The average Bonchev–Trinajstić information content (AvgIpc) is 2.69. The summed E-state index contributed by atoms with van der Waals surface area (Å²) < 4.78 is 26.9. The van der Waals surface area contributed by atoms with E-state index in [1.807, 2.05) is 11.8 Å². The van der Waals surface area contributed by atoms with E-state index in [0.29, 0.717) is 41.9 Å². The van der Waals surface area contributed by atoms with Crippen molar-refractivity contribution in [2.24, 2.45) is 0 Å². The number of nitrogens with zero attached hydrogens (tertiary/aromatic N) is 2. The van der Waals surface area contributed by atoms with Crippen molar-refractivity contribution in [3.05, 3.63) is 58.6 Å². The summed E-state index contributed by atoms with van der Waals surface area (Å²) in [7, 11) is -3.57. The molecule has 0 saturated carbocycles. The predicted molar refractivity (Wildman–Crippen MR) is 111 cm³/mol. The molecular weight excluding hydrogens is 421 g/mol. The third-order valence-corrected chi connectivity index (χ3v) is 7.18. The number of hydrogen-bond donors (Lipinski definition) is 1. The highest BCUT2D eigenvalue weighted by Crippen LogP contribution is 2.21. The first-order valence-corrected chi connectivity index (χ1v) is 11.0. The fourth-order valence-corrected chi connectivity index (χ4v) is 4.71. The van der Waals surface area contributed by atoms with E-state index in [-0.39, 0.29) is 16.8 Å². The lowest BCUT2D eigenvalue weighted by molar-refractivity contribution is -0.121. The first-order chi connectivity index (χ1) is 13.3. The van der Waals surface area contributed by atoms with Gasteiger partial charge in [0.25, 0.3) is 0 Å². The van der Waals surface area contributed by atoms with Crippen LogP contribution in [0.3, 0.4) is 0 Å². The fraction of sp³-hybridized carbons (Fsp3) is 0.316. The molecule has 0 aliphatic carbocycles. The highest BCUT2D eigenvalue weighted by Gasteiger charge is 2.31. The van der Waals surface area contributed by atoms with Gasteiger partial charge in [0.2, 0.25) is 15.9 Å². The number of carbonyl (C=O) groups excluding carboxylic acids is 1. The van der Waals surface area contributed by atoms with Gasteiger partial charge in [0, 0.05) is 41.9 Å². The zero-order chi connectivity index (χ0) is 20.3. The predicted octanol–water partition coefficient (Wildman–Crippen LogP) is 3.33. The third-order valence-electron chi connectivity index (χ3n) is 4.76. The maximum Gasteiger partial charge on any atom is 0.243 e. The number of nitrogens with one attached hydrogen (secondary N) is 1. The smallest absolute Gasteiger partial charge is 0.243 e. The number of carbonyl (C=O) groups is 1. The topological polar surface area (TPSA) is 69.7 Å². The highest BCUT2D eigenvalue weighted by atomic mass is 35.5. The first kappa shape index (κ1) is 21.1. The quantitative estimate of drug-likeness (QED) is 0.772. The van der Waals surface area contributed by atoms with Gasteiger partial charge in [-0.3, -0.25) is 9.69 Å². The molecule has 1 saturated heterocycles. The van der Waals surface area contributed by atoms with Gasteiger partial charge in [-0.25, -0.2) is 8.42 Å². The van der Waals surface area contributed by atoms with Gasteiger partial charge in [0.05, 0.1) is 10.9 Å². The Morgan fingerprint density at radius 2 is 1.43 bits per heavy atom. The Balaban J connectivity index is 1.58. The zero-order valence-electron chi connectivity index (χ0n) is 15.3. The summed E-state index contributed by atoms with van der Waals surface area (Å²) in [5.74, 6) is -0.142. The second kappa shape index (κ2) is 8.80. The molecule has 6 nitrogen and oxygen atoms in total. The van der Waals surface area contributed by atoms with Gasteiger partial charge in [0.1, 0.15) is 0 Å². The molecule has 3 rings (SSSR count). The van der Waals surface area contributed by atoms with Crippen molar-refractivity contribution in [1.29, 1.82) is 0 Å². The monoisotopic (exact) mass is 441 g/mol. The SMILES string of the molecule is CC(C(=O)Nc1ccc(Cl)cc1)N1CCN(S(=O)(=O)c2ccc(Cl)cc2)CC1. The van der Waals surface area contributed by atoms with Crippen LogP contribution < -0.4 is 5.32 Å². The number of anilines is 1. The summed E-state index contributed by atoms with van der Waals surface area (Å²) in [4.78, 5) is 14.7. The number of sulfonamides is 1. The molecule has 1 fully saturated rings. The van der Waals surface area contributed by atoms with E-state index in [9.17, 15) is 13.2 Å². The van der Waals surface area contributed by atoms with Gasteiger partial charge >= 0.3 is 0 Å². The Morgan fingerprint density at radius 3 is 1.96 bits per heavy atom. The Labute approximate surface area is 175 Å². The third kappa shape index (κ3) is 4.85. The van der Waals surface area contributed by atoms with E-state index in [1.165, 1.54) is 16.4 Å². The fourth-order valence-electron chi connectivity index (χ4n) is 3.03. The zero-order valence-corrected chi connectivity index (χ0v) is 17.6. The Morgan fingerprint density at radius 1 is 0.929 bits per heavy atom. The Hall–Kier alpha value is -1.64. The van der Waals surface area contributed by atoms with Gasteiger partial charge in [-0.15, -0.1) is 0 Å². The number of halogens is 2. The van der Waals surface area contributed by atoms with Crippen LogP contribution in [0.5, 0.6) is 0 Å². The average molecular weight is 442 g/mol. The minimum Gasteiger partial charge on any atom is -0.325 e. The lowest BCUT2D eigenvalue weighted by Gasteiger charge is -2.36. The van der Waals surface area contributed by atoms with E-state index >= 15 is 0 Å². The minimum absolute atomic E-state index is 0.142. The van der Waals surface area contributed by atoms with E-state index in [4.69, 9.17) is 23.2 Å². The molecule has 1 unspecified atom stereocenters. The Kier molecular flexibility index (Phi) is 6.62. The molecule has 1 N–H and O–H groups in total. The normalized spacial score (nSPS) is 17.2. The molecule has 150 valence electrons. The minimum atomic E-state index is -3.57. The molecule has 1 aliphatic rings. The Bertz CT molecular complexity index is 926. The van der Waals surface area contributed by atoms with Gasteiger partial charge in [0.15, 0.2) is 0 Å². The first-order valence-electron chi connectivity index (χ1n) is 8.83. The van der Waals surface area contributed by atoms with E-state index in [2.05, 4.69) is 5.32 Å². The summed E-state index contributed by atoms with van der Waals surface area (Å²) in [5.41, 5.74) is 0.671. The van der Waals surface area contributed by atoms with Crippen LogP contribution >= 0.6 is 23.2 Å². The largest absolute Gasteiger partial charge is 0.325 e. The number of benzene rings is 2. The molecule has 1 amide bonds. The number of hydrogen-bond acceptors (Lipinski definition) is 4. The van der Waals surface area contributed by atoms with Crippen LogP contribution in [0.1, 0.15) is 6.92 Å². The highest BCUT2D eigenvalue weighted by molar-refractivity contribution is 7.89. The van der Waals surface area contributed by atoms with Crippen LogP contribution in [-0.4, -0.2) is 55.8 Å². The molecule has 2 aromatic carbocycles. The van der Waals surface area contributed by atoms with E-state index in [0.717, 1.165) is 0 Å². The maximum absolute atomic E-state index is 12.8. The summed E-state index contributed by atoms with van der Waals surface area (Å²) in [6.07, 6.45) is 0. The number of piperazine rings is 1. The molecule has 28 heavy (non-hydrogen) atoms. The summed E-state index contributed by atoms with van der Waals surface area (Å²) in [6.45, 7) is 3.41. The molecule has 9 heteroatoms. The summed E-state index contributed by atoms with van der Waals surface area (Å²) in [6, 6.07) is 12.7. The van der Waals surface area contributed by atoms with Crippen LogP contribution in [-0.2, 0) is 14.8 Å². The molecular formula is C19H21Cl2N3O3S. The van der Waals surface area contributed by atoms with Gasteiger partial charge in [-0.1, -0.05) is 23.2 Å². The van der Waals surface area contributed by atoms with Crippen molar-refractivity contribution in [3.63, 3.8) is 0 Å². The molecule has 2 aromatic rings. The van der Waals surface area contributed by atoms with Crippen molar-refractivity contribution in [3.8, 4) is 0 Å². The van der Waals surface area contributed by atoms with Crippen LogP contribution in [0.4, 0.5) is 5.69 Å². The molecule has 1 heterocycles. The van der Waals surface area contributed by atoms with Gasteiger partial charge in [-0.2, -0.15) is 4.31 Å². The summed E-state index contributed by atoms with van der Waals surface area (Å²) >= 11 is 11.7. The second-order valence-corrected chi connectivity index (χ2v) is 9.38. The number of rotatable bonds is 5. The summed E-state index contributed by atoms with van der Waals surface area (Å²) in [5, 5.41) is 3.95. The van der Waals surface area contributed by atoms with Gasteiger partial charge in [-0.05, 0) is 55.5 Å². The molecule has 1 aliphatic heterocycles. The lowest BCUT2D eigenvalue weighted by atomic mass is 10.2. The van der Waals surface area contributed by atoms with E-state index in [1.54, 1.807) is 36.4 Å². The molecule has 0 radical (unpaired) electrons. The van der Waals surface area contributed by atoms with Crippen molar-refractivity contribution in [2.45, 2.75) is 17.9 Å². The van der Waals surface area contributed by atoms with Gasteiger partial charge < -0.3 is 5.32 Å². The maximum atomic E-state index is 12.8. The van der Waals surface area contributed by atoms with Crippen molar-refractivity contribution >= 4 is 44.8 Å². The molecule has 1 atom stereocenters. The van der Waals surface area contributed by atoms with Crippen molar-refractivity contribution in [2.75, 3.05) is 31.5 Å². The lowest BCUT2D eigenvalue weighted by Crippen LogP contribution is -2.53. The van der Waals surface area contributed by atoms with Crippen LogP contribution in [0.25, 0.3) is 0 Å². The standard InChI is InChI=1S/C19H21Cl2N3O3S/c1-14(19(25)22-17-6-2-15(20)3-7-17)23-10-12-24(13-11-23)28(26,27)18-8-4-16(21)5-9-18/h2-9,14H,10-13H2,1H3,(H,22,25). The molecule has 0 spiro atoms. The van der Waals surface area contributed by atoms with Crippen molar-refractivity contribution < 1.29 is 13.2 Å². The molecule has 0 bridgehead atoms. The van der Waals surface area contributed by atoms with Crippen LogP contribution in [0, 0.1) is 0 Å². The molecule has 0 aromatic heterocycles. The van der Waals surface area contributed by atoms with Crippen molar-refractivity contribution in [1.82, 2.24) is 9.21 Å². The van der Waals surface area contributed by atoms with E-state index < -0.39 is 10.0 Å². The van der Waals surface area contributed by atoms with Crippen LogP contribution in [0.15, 0.2) is 53.4 Å². The van der Waals surface area contributed by atoms with Crippen LogP contribution in [0.2, 0.25) is 10.0 Å². The number of amides is 1. The second-order valence-electron chi connectivity index (χ2n) is 6.57.